The van der Waals surface area contributed by atoms with Gasteiger partial charge in [0.1, 0.15) is 18.2 Å². The number of rotatable bonds is 5. The molecule has 0 aliphatic carbocycles. The lowest BCUT2D eigenvalue weighted by Crippen LogP contribution is -2.28. The molecule has 1 amide bonds. The van der Waals surface area contributed by atoms with Gasteiger partial charge in [-0.25, -0.2) is 4.39 Å². The van der Waals surface area contributed by atoms with Crippen molar-refractivity contribution in [3.05, 3.63) is 99.7 Å². The van der Waals surface area contributed by atoms with E-state index in [4.69, 9.17) is 10.1 Å². The minimum absolute atomic E-state index is 0.142. The van der Waals surface area contributed by atoms with Crippen molar-refractivity contribution in [1.82, 2.24) is 0 Å². The van der Waals surface area contributed by atoms with E-state index in [9.17, 15) is 9.18 Å². The molecule has 0 radical (unpaired) electrons. The first-order valence-corrected chi connectivity index (χ1v) is 10.6. The summed E-state index contributed by atoms with van der Waals surface area (Å²) in [6, 6.07) is 19.5. The maximum atomic E-state index is 13.7. The summed E-state index contributed by atoms with van der Waals surface area (Å²) in [7, 11) is 0. The molecule has 0 bridgehead atoms. The predicted octanol–water partition coefficient (Wildman–Crippen LogP) is 6.08. The van der Waals surface area contributed by atoms with Crippen LogP contribution in [0, 0.1) is 25.1 Å². The Morgan fingerprint density at radius 1 is 1.03 bits per heavy atom. The lowest BCUT2D eigenvalue weighted by Gasteiger charge is -2.15. The number of amides is 1. The van der Waals surface area contributed by atoms with Crippen LogP contribution in [-0.4, -0.2) is 11.1 Å². The van der Waals surface area contributed by atoms with Gasteiger partial charge in [-0.1, -0.05) is 36.4 Å². The fourth-order valence-corrected chi connectivity index (χ4v) is 4.04. The topological polar surface area (TPSA) is 53.4 Å². The molecular formula is C25H21FN2O2S. The predicted molar refractivity (Wildman–Crippen MR) is 124 cm³/mol. The van der Waals surface area contributed by atoms with E-state index in [1.807, 2.05) is 44.2 Å². The second kappa shape index (κ2) is 8.78. The van der Waals surface area contributed by atoms with E-state index in [2.05, 4.69) is 0 Å². The van der Waals surface area contributed by atoms with E-state index < -0.39 is 0 Å². The molecule has 4 rings (SSSR count). The average Bonchev–Trinajstić information content (AvgIpc) is 3.03. The Balaban J connectivity index is 1.47. The molecule has 1 N–H and O–H groups in total. The van der Waals surface area contributed by atoms with Crippen molar-refractivity contribution in [1.29, 1.82) is 5.41 Å². The number of thioether (sulfide) groups is 1. The van der Waals surface area contributed by atoms with E-state index in [1.54, 1.807) is 36.4 Å². The largest absolute Gasteiger partial charge is 0.489 e. The molecule has 31 heavy (non-hydrogen) atoms. The number of hydrogen-bond acceptors (Lipinski definition) is 4. The number of nitrogens with one attached hydrogen (secondary N) is 1. The zero-order chi connectivity index (χ0) is 22.0. The first kappa shape index (κ1) is 20.9. The number of anilines is 1. The van der Waals surface area contributed by atoms with Crippen LogP contribution >= 0.6 is 11.8 Å². The Hall–Kier alpha value is -3.38. The van der Waals surface area contributed by atoms with Crippen LogP contribution in [-0.2, 0) is 11.4 Å². The van der Waals surface area contributed by atoms with Crippen LogP contribution in [0.3, 0.4) is 0 Å². The molecule has 1 aliphatic rings. The van der Waals surface area contributed by atoms with E-state index in [1.165, 1.54) is 11.0 Å². The van der Waals surface area contributed by atoms with Crippen LogP contribution < -0.4 is 9.64 Å². The number of amidine groups is 1. The fourth-order valence-electron chi connectivity index (χ4n) is 3.17. The maximum Gasteiger partial charge on any atom is 0.271 e. The Morgan fingerprint density at radius 3 is 2.48 bits per heavy atom. The normalized spacial score (nSPS) is 15.1. The highest BCUT2D eigenvalue weighted by Gasteiger charge is 2.33. The summed E-state index contributed by atoms with van der Waals surface area (Å²) in [4.78, 5) is 14.8. The fraction of sp³-hybridized carbons (Fsp3) is 0.120. The van der Waals surface area contributed by atoms with Gasteiger partial charge in [0.05, 0.1) is 10.6 Å². The van der Waals surface area contributed by atoms with E-state index in [0.717, 1.165) is 28.5 Å². The molecule has 3 aromatic carbocycles. The third-order valence-electron chi connectivity index (χ3n) is 5.10. The number of nitrogens with zero attached hydrogens (tertiary/aromatic N) is 1. The van der Waals surface area contributed by atoms with Gasteiger partial charge in [-0.3, -0.25) is 15.1 Å². The van der Waals surface area contributed by atoms with Crippen molar-refractivity contribution >= 4 is 34.6 Å². The molecule has 0 unspecified atom stereocenters. The molecule has 156 valence electrons. The van der Waals surface area contributed by atoms with Gasteiger partial charge in [-0.2, -0.15) is 0 Å². The third kappa shape index (κ3) is 4.54. The molecule has 0 atom stereocenters. The lowest BCUT2D eigenvalue weighted by atomic mass is 10.1. The molecule has 1 fully saturated rings. The smallest absolute Gasteiger partial charge is 0.271 e. The second-order valence-corrected chi connectivity index (χ2v) is 8.30. The van der Waals surface area contributed by atoms with Gasteiger partial charge in [0.2, 0.25) is 0 Å². The van der Waals surface area contributed by atoms with Gasteiger partial charge in [-0.05, 0) is 78.7 Å². The van der Waals surface area contributed by atoms with Crippen LogP contribution in [0.5, 0.6) is 5.75 Å². The van der Waals surface area contributed by atoms with Gasteiger partial charge in [0.25, 0.3) is 5.91 Å². The summed E-state index contributed by atoms with van der Waals surface area (Å²) < 4.78 is 19.4. The molecule has 0 saturated carbocycles. The van der Waals surface area contributed by atoms with Gasteiger partial charge in [0.15, 0.2) is 5.17 Å². The minimum Gasteiger partial charge on any atom is -0.489 e. The Morgan fingerprint density at radius 2 is 1.77 bits per heavy atom. The molecule has 1 saturated heterocycles. The van der Waals surface area contributed by atoms with Crippen molar-refractivity contribution in [2.45, 2.75) is 20.5 Å². The molecule has 0 spiro atoms. The maximum absolute atomic E-state index is 13.7. The number of halogens is 1. The molecule has 4 nitrogen and oxygen atoms in total. The number of benzene rings is 3. The summed E-state index contributed by atoms with van der Waals surface area (Å²) in [5.74, 6) is 0.106. The zero-order valence-electron chi connectivity index (χ0n) is 17.2. The summed E-state index contributed by atoms with van der Waals surface area (Å²) in [6.45, 7) is 4.15. The SMILES string of the molecule is Cc1ccc(N2C(=N)S/C(=C\c3ccc(OCc4ccccc4F)cc3)C2=O)cc1C. The highest BCUT2D eigenvalue weighted by molar-refractivity contribution is 8.19. The van der Waals surface area contributed by atoms with Crippen LogP contribution in [0.25, 0.3) is 6.08 Å². The van der Waals surface area contributed by atoms with Crippen LogP contribution in [0.15, 0.2) is 71.6 Å². The Labute approximate surface area is 184 Å². The van der Waals surface area contributed by atoms with E-state index in [-0.39, 0.29) is 23.5 Å². The molecule has 1 heterocycles. The zero-order valence-corrected chi connectivity index (χ0v) is 18.0. The number of aryl methyl sites for hydroxylation is 2. The van der Waals surface area contributed by atoms with Gasteiger partial charge in [0, 0.05) is 5.56 Å². The van der Waals surface area contributed by atoms with Crippen molar-refractivity contribution in [2.75, 3.05) is 4.90 Å². The summed E-state index contributed by atoms with van der Waals surface area (Å²) in [5, 5.41) is 8.44. The first-order chi connectivity index (χ1) is 14.9. The number of carbonyl (C=O) groups excluding carboxylic acids is 1. The molecule has 1 aliphatic heterocycles. The standard InChI is InChI=1S/C25H21FN2O2S/c1-16-7-10-20(13-17(16)2)28-24(29)23(31-25(28)27)14-18-8-11-21(12-9-18)30-15-19-5-3-4-6-22(19)26/h3-14,27H,15H2,1-2H3/b23-14-,27-25?. The quantitative estimate of drug-likeness (QED) is 0.497. The van der Waals surface area contributed by atoms with Crippen molar-refractivity contribution in [3.63, 3.8) is 0 Å². The number of ether oxygens (including phenoxy) is 1. The first-order valence-electron chi connectivity index (χ1n) is 9.78. The molecule has 6 heteroatoms. The minimum atomic E-state index is -0.295. The average molecular weight is 433 g/mol. The summed E-state index contributed by atoms with van der Waals surface area (Å²) in [6.07, 6.45) is 1.77. The molecule has 3 aromatic rings. The third-order valence-corrected chi connectivity index (χ3v) is 5.99. The summed E-state index contributed by atoms with van der Waals surface area (Å²) >= 11 is 1.14. The van der Waals surface area contributed by atoms with Crippen LogP contribution in [0.4, 0.5) is 10.1 Å². The van der Waals surface area contributed by atoms with Crippen molar-refractivity contribution in [3.8, 4) is 5.75 Å². The monoisotopic (exact) mass is 432 g/mol. The highest BCUT2D eigenvalue weighted by atomic mass is 32.2. The van der Waals surface area contributed by atoms with Gasteiger partial charge < -0.3 is 4.74 Å². The van der Waals surface area contributed by atoms with E-state index >= 15 is 0 Å². The van der Waals surface area contributed by atoms with E-state index in [0.29, 0.717) is 21.9 Å². The Kier molecular flexibility index (Phi) is 5.91. The van der Waals surface area contributed by atoms with Gasteiger partial charge >= 0.3 is 0 Å². The van der Waals surface area contributed by atoms with Crippen molar-refractivity contribution < 1.29 is 13.9 Å². The van der Waals surface area contributed by atoms with Crippen molar-refractivity contribution in [2.24, 2.45) is 0 Å². The molecule has 0 aromatic heterocycles. The number of hydrogen-bond donors (Lipinski definition) is 1. The summed E-state index contributed by atoms with van der Waals surface area (Å²) in [5.41, 5.74) is 4.23. The second-order valence-electron chi connectivity index (χ2n) is 7.27. The number of carbonyl (C=O) groups is 1. The Bertz CT molecular complexity index is 1190. The van der Waals surface area contributed by atoms with Crippen LogP contribution in [0.1, 0.15) is 22.3 Å². The lowest BCUT2D eigenvalue weighted by molar-refractivity contribution is -0.113. The van der Waals surface area contributed by atoms with Gasteiger partial charge in [-0.15, -0.1) is 0 Å². The van der Waals surface area contributed by atoms with Crippen LogP contribution in [0.2, 0.25) is 0 Å². The highest BCUT2D eigenvalue weighted by Crippen LogP contribution is 2.36. The molecular weight excluding hydrogens is 411 g/mol.